The summed E-state index contributed by atoms with van der Waals surface area (Å²) in [6.07, 6.45) is 6.36. The average molecular weight is 246 g/mol. The average Bonchev–Trinajstić information content (AvgIpc) is 2.74. The lowest BCUT2D eigenvalue weighted by molar-refractivity contribution is 0.777. The molecule has 3 heteroatoms. The van der Waals surface area contributed by atoms with Crippen molar-refractivity contribution in [2.24, 2.45) is 0 Å². The summed E-state index contributed by atoms with van der Waals surface area (Å²) in [6, 6.07) is 7.80. The van der Waals surface area contributed by atoms with E-state index in [1.165, 1.54) is 21.4 Å². The van der Waals surface area contributed by atoms with Crippen LogP contribution in [0.2, 0.25) is 0 Å². The standard InChI is InChI=1S/C8H6N2.C6H13P/c1-2-4-8-7(3-1)9-5-6-10-8;1-5-3-4-6(2)7-5/h1-6H;5-7H,3-4H2,1-2H3/t;5-,6-/m.0/s1. The van der Waals surface area contributed by atoms with Crippen LogP contribution in [-0.2, 0) is 0 Å². The highest BCUT2D eigenvalue weighted by Gasteiger charge is 2.15. The first-order valence-electron chi connectivity index (χ1n) is 6.17. The Kier molecular flexibility index (Phi) is 4.44. The molecule has 2 atom stereocenters. The molecule has 1 aromatic carbocycles. The summed E-state index contributed by atoms with van der Waals surface area (Å²) in [7, 11) is 1.26. The Hall–Kier alpha value is -1.01. The third kappa shape index (κ3) is 3.74. The van der Waals surface area contributed by atoms with Crippen LogP contribution in [0.15, 0.2) is 36.7 Å². The Bertz CT molecular complexity index is 399. The summed E-state index contributed by atoms with van der Waals surface area (Å²) in [5, 5.41) is 0. The summed E-state index contributed by atoms with van der Waals surface area (Å²) >= 11 is 0. The maximum absolute atomic E-state index is 4.12. The topological polar surface area (TPSA) is 25.8 Å². The van der Waals surface area contributed by atoms with Crippen LogP contribution in [0.1, 0.15) is 26.7 Å². The third-order valence-corrected chi connectivity index (χ3v) is 4.69. The van der Waals surface area contributed by atoms with E-state index >= 15 is 0 Å². The first-order valence-corrected chi connectivity index (χ1v) is 7.33. The molecule has 0 N–H and O–H groups in total. The normalized spacial score (nSPS) is 23.2. The zero-order valence-corrected chi connectivity index (χ0v) is 11.4. The predicted octanol–water partition coefficient (Wildman–Crippen LogP) is 3.87. The molecule has 1 saturated heterocycles. The van der Waals surface area contributed by atoms with Gasteiger partial charge in [0.1, 0.15) is 0 Å². The molecule has 0 saturated carbocycles. The highest BCUT2D eigenvalue weighted by atomic mass is 31.1. The van der Waals surface area contributed by atoms with Crippen LogP contribution in [0.25, 0.3) is 11.0 Å². The van der Waals surface area contributed by atoms with Crippen molar-refractivity contribution in [3.63, 3.8) is 0 Å². The Morgan fingerprint density at radius 1 is 0.941 bits per heavy atom. The monoisotopic (exact) mass is 246 g/mol. The maximum Gasteiger partial charge on any atom is 0.0886 e. The first-order chi connectivity index (χ1) is 8.25. The molecule has 0 amide bonds. The molecule has 0 radical (unpaired) electrons. The number of aromatic nitrogens is 2. The molecular formula is C14H19N2P. The molecule has 0 aliphatic carbocycles. The van der Waals surface area contributed by atoms with Crippen molar-refractivity contribution < 1.29 is 0 Å². The molecule has 2 heterocycles. The summed E-state index contributed by atoms with van der Waals surface area (Å²) in [6.45, 7) is 4.73. The zero-order chi connectivity index (χ0) is 12.1. The van der Waals surface area contributed by atoms with Crippen molar-refractivity contribution in [2.45, 2.75) is 38.0 Å². The second kappa shape index (κ2) is 6.07. The minimum absolute atomic E-state index is 0.949. The fourth-order valence-corrected chi connectivity index (χ4v) is 3.70. The van der Waals surface area contributed by atoms with Gasteiger partial charge in [-0.05, 0) is 36.3 Å². The van der Waals surface area contributed by atoms with E-state index in [1.807, 2.05) is 24.3 Å². The molecule has 2 aromatic rings. The quantitative estimate of drug-likeness (QED) is 0.659. The van der Waals surface area contributed by atoms with Crippen molar-refractivity contribution in [2.75, 3.05) is 0 Å². The lowest BCUT2D eigenvalue weighted by Gasteiger charge is -1.97. The number of hydrogen-bond acceptors (Lipinski definition) is 2. The van der Waals surface area contributed by atoms with Crippen molar-refractivity contribution in [1.82, 2.24) is 9.97 Å². The van der Waals surface area contributed by atoms with Gasteiger partial charge < -0.3 is 0 Å². The molecule has 1 aromatic heterocycles. The van der Waals surface area contributed by atoms with Gasteiger partial charge in [0.05, 0.1) is 11.0 Å². The third-order valence-electron chi connectivity index (χ3n) is 2.98. The molecule has 90 valence electrons. The molecule has 1 aliphatic heterocycles. The molecule has 0 spiro atoms. The van der Waals surface area contributed by atoms with E-state index in [-0.39, 0.29) is 0 Å². The van der Waals surface area contributed by atoms with Crippen molar-refractivity contribution in [1.29, 1.82) is 0 Å². The first kappa shape index (κ1) is 12.4. The highest BCUT2D eigenvalue weighted by Crippen LogP contribution is 2.38. The lowest BCUT2D eigenvalue weighted by atomic mass is 10.2. The Labute approximate surface area is 105 Å². The molecule has 0 bridgehead atoms. The van der Waals surface area contributed by atoms with Gasteiger partial charge in [0.25, 0.3) is 0 Å². The minimum atomic E-state index is 0.949. The van der Waals surface area contributed by atoms with Crippen LogP contribution in [0, 0.1) is 0 Å². The van der Waals surface area contributed by atoms with E-state index < -0.39 is 0 Å². The second-order valence-corrected chi connectivity index (χ2v) is 6.90. The van der Waals surface area contributed by atoms with E-state index in [1.54, 1.807) is 12.4 Å². The van der Waals surface area contributed by atoms with Crippen LogP contribution in [0.5, 0.6) is 0 Å². The summed E-state index contributed by atoms with van der Waals surface area (Å²) < 4.78 is 0. The van der Waals surface area contributed by atoms with Crippen LogP contribution in [-0.4, -0.2) is 21.3 Å². The molecule has 17 heavy (non-hydrogen) atoms. The number of nitrogens with zero attached hydrogens (tertiary/aromatic N) is 2. The van der Waals surface area contributed by atoms with Gasteiger partial charge in [0.2, 0.25) is 0 Å². The van der Waals surface area contributed by atoms with E-state index in [2.05, 4.69) is 23.8 Å². The molecule has 3 rings (SSSR count). The summed E-state index contributed by atoms with van der Waals surface area (Å²) in [4.78, 5) is 8.24. The molecule has 1 aliphatic rings. The lowest BCUT2D eigenvalue weighted by Crippen LogP contribution is -1.81. The zero-order valence-electron chi connectivity index (χ0n) is 10.4. The molecule has 2 nitrogen and oxygen atoms in total. The van der Waals surface area contributed by atoms with Gasteiger partial charge in [0, 0.05) is 12.4 Å². The Morgan fingerprint density at radius 3 is 1.76 bits per heavy atom. The van der Waals surface area contributed by atoms with Crippen molar-refractivity contribution in [3.8, 4) is 0 Å². The predicted molar refractivity (Wildman–Crippen MR) is 76.0 cm³/mol. The largest absolute Gasteiger partial charge is 0.253 e. The fraction of sp³-hybridized carbons (Fsp3) is 0.429. The van der Waals surface area contributed by atoms with Crippen LogP contribution >= 0.6 is 8.58 Å². The number of fused-ring (bicyclic) bond motifs is 1. The van der Waals surface area contributed by atoms with Crippen molar-refractivity contribution in [3.05, 3.63) is 36.7 Å². The number of benzene rings is 1. The Balaban J connectivity index is 0.000000136. The molecule has 0 unspecified atom stereocenters. The van der Waals surface area contributed by atoms with Gasteiger partial charge >= 0.3 is 0 Å². The fourth-order valence-electron chi connectivity index (χ4n) is 2.06. The second-order valence-electron chi connectivity index (χ2n) is 4.59. The van der Waals surface area contributed by atoms with Gasteiger partial charge in [-0.1, -0.05) is 26.0 Å². The minimum Gasteiger partial charge on any atom is -0.253 e. The smallest absolute Gasteiger partial charge is 0.0886 e. The van der Waals surface area contributed by atoms with Crippen molar-refractivity contribution >= 4 is 19.6 Å². The van der Waals surface area contributed by atoms with E-state index in [9.17, 15) is 0 Å². The van der Waals surface area contributed by atoms with Gasteiger partial charge in [-0.15, -0.1) is 8.58 Å². The molecular weight excluding hydrogens is 227 g/mol. The summed E-state index contributed by atoms with van der Waals surface area (Å²) in [5.41, 5.74) is 4.00. The van der Waals surface area contributed by atoms with Crippen LogP contribution < -0.4 is 0 Å². The highest BCUT2D eigenvalue weighted by molar-refractivity contribution is 7.40. The van der Waals surface area contributed by atoms with Gasteiger partial charge in [0.15, 0.2) is 0 Å². The van der Waals surface area contributed by atoms with Gasteiger partial charge in [-0.2, -0.15) is 0 Å². The Morgan fingerprint density at radius 2 is 1.41 bits per heavy atom. The number of para-hydroxylation sites is 2. The van der Waals surface area contributed by atoms with E-state index in [4.69, 9.17) is 0 Å². The summed E-state index contributed by atoms with van der Waals surface area (Å²) in [5.74, 6) is 0. The SMILES string of the molecule is C[C@H]1CC[C@H](C)P1.c1ccc2nccnc2c1. The number of rotatable bonds is 0. The van der Waals surface area contributed by atoms with Gasteiger partial charge in [-0.3, -0.25) is 9.97 Å². The van der Waals surface area contributed by atoms with E-state index in [0.717, 1.165) is 22.4 Å². The molecule has 1 fully saturated rings. The maximum atomic E-state index is 4.12. The van der Waals surface area contributed by atoms with Crippen LogP contribution in [0.4, 0.5) is 0 Å². The van der Waals surface area contributed by atoms with Crippen LogP contribution in [0.3, 0.4) is 0 Å². The number of hydrogen-bond donors (Lipinski definition) is 0. The van der Waals surface area contributed by atoms with Gasteiger partial charge in [-0.25, -0.2) is 0 Å². The van der Waals surface area contributed by atoms with E-state index in [0.29, 0.717) is 0 Å².